The Balaban J connectivity index is 2.10. The van der Waals surface area contributed by atoms with Gasteiger partial charge in [-0.2, -0.15) is 0 Å². The number of aromatic nitrogens is 1. The maximum absolute atomic E-state index is 10.6. The van der Waals surface area contributed by atoms with E-state index >= 15 is 0 Å². The van der Waals surface area contributed by atoms with Crippen molar-refractivity contribution >= 4 is 44.1 Å². The molecule has 2 aromatic rings. The predicted molar refractivity (Wildman–Crippen MR) is 77.4 cm³/mol. The van der Waals surface area contributed by atoms with E-state index in [4.69, 9.17) is 9.84 Å². The second-order valence-electron chi connectivity index (χ2n) is 3.69. The van der Waals surface area contributed by atoms with Crippen molar-refractivity contribution < 1.29 is 14.6 Å². The van der Waals surface area contributed by atoms with Gasteiger partial charge in [0.1, 0.15) is 5.75 Å². The van der Waals surface area contributed by atoms with Crippen molar-refractivity contribution in [2.45, 2.75) is 6.42 Å². The number of rotatable bonds is 5. The minimum absolute atomic E-state index is 0.0650. The SMILES string of the molecule is COc1ccc(Nc2nc(CC(=O)O)cs2)cc1Br. The Labute approximate surface area is 122 Å². The zero-order valence-corrected chi connectivity index (χ0v) is 12.4. The summed E-state index contributed by atoms with van der Waals surface area (Å²) in [5, 5.41) is 14.2. The molecule has 0 fully saturated rings. The summed E-state index contributed by atoms with van der Waals surface area (Å²) >= 11 is 4.77. The van der Waals surface area contributed by atoms with Gasteiger partial charge in [-0.25, -0.2) is 4.98 Å². The lowest BCUT2D eigenvalue weighted by molar-refractivity contribution is -0.136. The maximum Gasteiger partial charge on any atom is 0.309 e. The number of carbonyl (C=O) groups is 1. The second-order valence-corrected chi connectivity index (χ2v) is 5.40. The van der Waals surface area contributed by atoms with Gasteiger partial charge in [-0.1, -0.05) is 0 Å². The fourth-order valence-electron chi connectivity index (χ4n) is 1.47. The van der Waals surface area contributed by atoms with E-state index in [2.05, 4.69) is 26.2 Å². The van der Waals surface area contributed by atoms with Crippen molar-refractivity contribution in [2.24, 2.45) is 0 Å². The first-order valence-corrected chi connectivity index (χ1v) is 7.02. The van der Waals surface area contributed by atoms with Gasteiger partial charge < -0.3 is 15.2 Å². The smallest absolute Gasteiger partial charge is 0.309 e. The first-order valence-electron chi connectivity index (χ1n) is 5.35. The molecular formula is C12H11BrN2O3S. The molecule has 0 unspecified atom stereocenters. The molecule has 19 heavy (non-hydrogen) atoms. The van der Waals surface area contributed by atoms with Crippen LogP contribution in [0.2, 0.25) is 0 Å². The summed E-state index contributed by atoms with van der Waals surface area (Å²) in [7, 11) is 1.60. The molecule has 0 bridgehead atoms. The predicted octanol–water partition coefficient (Wildman–Crippen LogP) is 3.28. The highest BCUT2D eigenvalue weighted by molar-refractivity contribution is 9.10. The molecular weight excluding hydrogens is 332 g/mol. The first-order chi connectivity index (χ1) is 9.08. The van der Waals surface area contributed by atoms with Crippen LogP contribution in [0.3, 0.4) is 0 Å². The van der Waals surface area contributed by atoms with E-state index in [0.29, 0.717) is 10.8 Å². The number of ether oxygens (including phenoxy) is 1. The second kappa shape index (κ2) is 6.03. The molecule has 5 nitrogen and oxygen atoms in total. The number of thiazole rings is 1. The number of hydrogen-bond donors (Lipinski definition) is 2. The monoisotopic (exact) mass is 342 g/mol. The number of carboxylic acids is 1. The third-order valence-corrected chi connectivity index (χ3v) is 3.71. The van der Waals surface area contributed by atoms with Crippen LogP contribution in [0, 0.1) is 0 Å². The Morgan fingerprint density at radius 2 is 2.37 bits per heavy atom. The van der Waals surface area contributed by atoms with Crippen LogP contribution >= 0.6 is 27.3 Å². The van der Waals surface area contributed by atoms with Crippen LogP contribution in [0.25, 0.3) is 0 Å². The van der Waals surface area contributed by atoms with Crippen molar-refractivity contribution in [3.63, 3.8) is 0 Å². The number of halogens is 1. The van der Waals surface area contributed by atoms with Gasteiger partial charge in [0.15, 0.2) is 5.13 Å². The molecule has 1 aromatic heterocycles. The van der Waals surface area contributed by atoms with E-state index in [1.165, 1.54) is 11.3 Å². The number of benzene rings is 1. The highest BCUT2D eigenvalue weighted by Crippen LogP contribution is 2.30. The average Bonchev–Trinajstić information content (AvgIpc) is 2.76. The van der Waals surface area contributed by atoms with Crippen LogP contribution in [-0.4, -0.2) is 23.2 Å². The molecule has 0 aliphatic rings. The molecule has 0 radical (unpaired) electrons. The van der Waals surface area contributed by atoms with Crippen LogP contribution in [0.15, 0.2) is 28.1 Å². The lowest BCUT2D eigenvalue weighted by Gasteiger charge is -2.06. The molecule has 2 N–H and O–H groups in total. The molecule has 0 saturated carbocycles. The van der Waals surface area contributed by atoms with E-state index in [-0.39, 0.29) is 6.42 Å². The van der Waals surface area contributed by atoms with Crippen molar-refractivity contribution in [2.75, 3.05) is 12.4 Å². The van der Waals surface area contributed by atoms with E-state index < -0.39 is 5.97 Å². The van der Waals surface area contributed by atoms with Gasteiger partial charge in [0, 0.05) is 11.1 Å². The first kappa shape index (κ1) is 13.8. The summed E-state index contributed by atoms with van der Waals surface area (Å²) in [5.74, 6) is -0.139. The topological polar surface area (TPSA) is 71.5 Å². The van der Waals surface area contributed by atoms with E-state index in [0.717, 1.165) is 15.9 Å². The fraction of sp³-hybridized carbons (Fsp3) is 0.167. The van der Waals surface area contributed by atoms with Crippen LogP contribution in [0.5, 0.6) is 5.75 Å². The summed E-state index contributed by atoms with van der Waals surface area (Å²) in [5.41, 5.74) is 1.40. The Bertz CT molecular complexity index is 600. The number of nitrogens with zero attached hydrogens (tertiary/aromatic N) is 1. The number of carboxylic acid groups (broad SMARTS) is 1. The molecule has 0 amide bonds. The summed E-state index contributed by atoms with van der Waals surface area (Å²) in [6.07, 6.45) is -0.0650. The van der Waals surface area contributed by atoms with Gasteiger partial charge in [0.2, 0.25) is 0 Å². The fourth-order valence-corrected chi connectivity index (χ4v) is 2.74. The standard InChI is InChI=1S/C12H11BrN2O3S/c1-18-10-3-2-7(4-9(10)13)14-12-15-8(6-19-12)5-11(16)17/h2-4,6H,5H2,1H3,(H,14,15)(H,16,17). The molecule has 2 rings (SSSR count). The van der Waals surface area contributed by atoms with E-state index in [1.54, 1.807) is 12.5 Å². The zero-order chi connectivity index (χ0) is 13.8. The summed E-state index contributed by atoms with van der Waals surface area (Å²) < 4.78 is 5.98. The molecule has 0 spiro atoms. The molecule has 100 valence electrons. The number of nitrogens with one attached hydrogen (secondary N) is 1. The van der Waals surface area contributed by atoms with Crippen LogP contribution in [-0.2, 0) is 11.2 Å². The minimum atomic E-state index is -0.885. The number of aliphatic carboxylic acids is 1. The third-order valence-electron chi connectivity index (χ3n) is 2.29. The molecule has 1 aromatic carbocycles. The molecule has 1 heterocycles. The van der Waals surface area contributed by atoms with E-state index in [1.807, 2.05) is 18.2 Å². The molecule has 0 aliphatic heterocycles. The maximum atomic E-state index is 10.6. The Morgan fingerprint density at radius 3 is 3.00 bits per heavy atom. The van der Waals surface area contributed by atoms with Gasteiger partial charge in [-0.15, -0.1) is 11.3 Å². The van der Waals surface area contributed by atoms with Gasteiger partial charge in [-0.05, 0) is 34.1 Å². The Kier molecular flexibility index (Phi) is 4.39. The van der Waals surface area contributed by atoms with Crippen LogP contribution in [0.4, 0.5) is 10.8 Å². The van der Waals surface area contributed by atoms with Crippen molar-refractivity contribution in [3.8, 4) is 5.75 Å². The van der Waals surface area contributed by atoms with Gasteiger partial charge >= 0.3 is 5.97 Å². The zero-order valence-electron chi connectivity index (χ0n) is 10.0. The minimum Gasteiger partial charge on any atom is -0.496 e. The van der Waals surface area contributed by atoms with Gasteiger partial charge in [-0.3, -0.25) is 4.79 Å². The van der Waals surface area contributed by atoms with Crippen LogP contribution < -0.4 is 10.1 Å². The number of anilines is 2. The van der Waals surface area contributed by atoms with Crippen molar-refractivity contribution in [1.82, 2.24) is 4.98 Å². The average molecular weight is 343 g/mol. The lowest BCUT2D eigenvalue weighted by atomic mass is 10.3. The molecule has 7 heteroatoms. The van der Waals surface area contributed by atoms with Crippen molar-refractivity contribution in [3.05, 3.63) is 33.7 Å². The van der Waals surface area contributed by atoms with Gasteiger partial charge in [0.25, 0.3) is 0 Å². The number of hydrogen-bond acceptors (Lipinski definition) is 5. The molecule has 0 saturated heterocycles. The van der Waals surface area contributed by atoms with Crippen LogP contribution in [0.1, 0.15) is 5.69 Å². The van der Waals surface area contributed by atoms with E-state index in [9.17, 15) is 4.79 Å². The third kappa shape index (κ3) is 3.68. The highest BCUT2D eigenvalue weighted by Gasteiger charge is 2.07. The Hall–Kier alpha value is -1.60. The van der Waals surface area contributed by atoms with Gasteiger partial charge in [0.05, 0.1) is 23.7 Å². The largest absolute Gasteiger partial charge is 0.496 e. The summed E-state index contributed by atoms with van der Waals surface area (Å²) in [4.78, 5) is 14.8. The number of methoxy groups -OCH3 is 1. The summed E-state index contributed by atoms with van der Waals surface area (Å²) in [6.45, 7) is 0. The normalized spacial score (nSPS) is 10.2. The quantitative estimate of drug-likeness (QED) is 0.872. The highest BCUT2D eigenvalue weighted by atomic mass is 79.9. The molecule has 0 atom stereocenters. The Morgan fingerprint density at radius 1 is 1.58 bits per heavy atom. The van der Waals surface area contributed by atoms with Crippen molar-refractivity contribution in [1.29, 1.82) is 0 Å². The summed E-state index contributed by atoms with van der Waals surface area (Å²) in [6, 6.07) is 5.57. The lowest BCUT2D eigenvalue weighted by Crippen LogP contribution is -2.00. The molecule has 0 aliphatic carbocycles.